The lowest BCUT2D eigenvalue weighted by atomic mass is 30.5. The van der Waals surface area contributed by atoms with Crippen LogP contribution in [0.15, 0.2) is 0 Å². The summed E-state index contributed by atoms with van der Waals surface area (Å²) >= 11 is 4.81. The van der Waals surface area contributed by atoms with Crippen molar-refractivity contribution in [1.29, 1.82) is 0 Å². The highest BCUT2D eigenvalue weighted by Gasteiger charge is 1.46. The highest BCUT2D eigenvalue weighted by Crippen LogP contribution is 1.47. The van der Waals surface area contributed by atoms with Crippen molar-refractivity contribution in [2.75, 3.05) is 0 Å². The molecule has 318 valence electrons. The zero-order valence-electron chi connectivity index (χ0n) is 21.7. The van der Waals surface area contributed by atoms with Crippen LogP contribution in [0.2, 0.25) is 0 Å². The van der Waals surface area contributed by atoms with Crippen molar-refractivity contribution >= 4 is 473 Å². The second-order valence-electron chi connectivity index (χ2n) is 3.49. The third-order valence-corrected chi connectivity index (χ3v) is 113. The summed E-state index contributed by atoms with van der Waals surface area (Å²) in [5.41, 5.74) is 0. The lowest BCUT2D eigenvalue weighted by Gasteiger charge is -1.41. The monoisotopic (exact) mass is 1690 g/mol. The van der Waals surface area contributed by atoms with E-state index in [1.807, 2.05) is 346 Å². The third-order valence-electron chi connectivity index (χ3n) is 1.40. The molecule has 53 heavy (non-hydrogen) atoms. The fourth-order valence-electron chi connectivity index (χ4n) is 0.558. The Morgan fingerprint density at radius 1 is 0.151 bits per heavy atom. The standard InChI is InChI=1S/HPS52/c1-3-5-7-9-11-13-15-17-19-21-23-25-27-29-31-33-35-37-39-41-43-45-47-49-51-53-52-50-48-46-44-42-40-38-36-34-32-30-28-26-24-22-20-18-16-14-12-10-8-6-4-2/h1H. The summed E-state index contributed by atoms with van der Waals surface area (Å²) < 4.78 is 0. The van der Waals surface area contributed by atoms with Crippen LogP contribution in [0.4, 0.5) is 0 Å². The van der Waals surface area contributed by atoms with Crippen molar-refractivity contribution in [1.82, 2.24) is 0 Å². The fraction of sp³-hybridized carbons (Fsp3) is 0. The summed E-state index contributed by atoms with van der Waals surface area (Å²) in [4.78, 5) is 0. The first-order valence-corrected chi connectivity index (χ1v) is 78.3. The molecule has 0 aromatic carbocycles. The minimum absolute atomic E-state index is 1.37. The maximum atomic E-state index is 4.81. The molecule has 0 spiro atoms. The van der Waals surface area contributed by atoms with Crippen LogP contribution in [-0.2, 0) is 465 Å². The second-order valence-corrected chi connectivity index (χ2v) is 94.1. The van der Waals surface area contributed by atoms with E-state index in [1.54, 1.807) is 98.3 Å². The van der Waals surface area contributed by atoms with Crippen molar-refractivity contribution in [3.8, 4) is 0 Å². The van der Waals surface area contributed by atoms with E-state index in [9.17, 15) is 0 Å². The molecule has 0 nitrogen and oxygen atoms in total. The lowest BCUT2D eigenvalue weighted by molar-refractivity contribution is 5.95. The molecule has 0 rings (SSSR count). The van der Waals surface area contributed by atoms with Crippen molar-refractivity contribution in [3.63, 3.8) is 0 Å². The summed E-state index contributed by atoms with van der Waals surface area (Å²) in [7, 11) is 95.1. The molecule has 0 saturated carbocycles. The van der Waals surface area contributed by atoms with Crippen LogP contribution in [0.25, 0.3) is 0 Å². The largest absolute Gasteiger partial charge is 0.0540 e. The summed E-state index contributed by atoms with van der Waals surface area (Å²) in [5, 5.41) is 0. The molecule has 0 unspecified atom stereocenters. The molecule has 0 aliphatic carbocycles. The quantitative estimate of drug-likeness (QED) is 0.319. The molecule has 0 amide bonds. The zero-order chi connectivity index (χ0) is 38.1. The van der Waals surface area contributed by atoms with Gasteiger partial charge in [0, 0.05) is 384 Å². The van der Waals surface area contributed by atoms with Crippen LogP contribution in [0.5, 0.6) is 0 Å². The Balaban J connectivity index is 6.09. The Labute approximate surface area is 458 Å². The van der Waals surface area contributed by atoms with Crippen LogP contribution in [0.3, 0.4) is 0 Å². The third kappa shape index (κ3) is 63.7. The maximum Gasteiger partial charge on any atom is 0 e. The van der Waals surface area contributed by atoms with Gasteiger partial charge in [-0.3, -0.25) is 0 Å². The number of hydrogen-bond acceptors (Lipinski definition) is 1. The van der Waals surface area contributed by atoms with Gasteiger partial charge in [0.1, 0.15) is 0 Å². The van der Waals surface area contributed by atoms with E-state index in [-0.39, 0.29) is 0 Å². The van der Waals surface area contributed by atoms with E-state index >= 15 is 0 Å². The van der Waals surface area contributed by atoms with Gasteiger partial charge in [-0.1, -0.05) is 9.50 Å². The molecule has 0 N–H and O–H groups in total. The molecule has 0 aromatic heterocycles. The summed E-state index contributed by atoms with van der Waals surface area (Å²) in [6, 6.07) is 0. The average Bonchev–Trinajstić information content (AvgIpc) is 3.17. The highest BCUT2D eigenvalue weighted by molar-refractivity contribution is 8.82. The molecule has 0 bridgehead atoms. The van der Waals surface area contributed by atoms with E-state index in [1.165, 1.54) is 8.88 Å². The van der Waals surface area contributed by atoms with Gasteiger partial charge in [-0.25, -0.2) is 0 Å². The van der Waals surface area contributed by atoms with E-state index in [0.717, 1.165) is 0 Å². The van der Waals surface area contributed by atoms with Gasteiger partial charge in [-0.15, -0.1) is 0 Å². The van der Waals surface area contributed by atoms with Gasteiger partial charge < -0.3 is 0 Å². The normalized spacial score (nSPS) is 7.77. The predicted octanol–water partition coefficient (Wildman–Crippen LogP) is 0.469. The van der Waals surface area contributed by atoms with E-state index in [2.05, 4.69) is 8.02 Å². The molecular weight excluding hydrogens is 1700 g/mol. The Hall–Kier alpha value is 11.7. The SMILES string of the molecule is P=S=S=S=S=S=S=S=S=S=S=S=S=S=S=S=S=S=S=S=S=S=S=S=S=S=S=S=S=S=S=S=S=S=S=S=S=S=S=S=S=S=S=S=S=S=S=S=S=S=S=S=S. The van der Waals surface area contributed by atoms with Gasteiger partial charge in [-0.05, 0) is 79.1 Å². The Bertz CT molecular complexity index is 3440. The fourth-order valence-corrected chi connectivity index (χ4v) is 136. The van der Waals surface area contributed by atoms with Gasteiger partial charge in [0.15, 0.2) is 0 Å². The Kier molecular flexibility index (Phi) is 77.9. The predicted molar refractivity (Wildman–Crippen MR) is 391 cm³/mol. The van der Waals surface area contributed by atoms with Crippen LogP contribution in [0.1, 0.15) is 0 Å². The van der Waals surface area contributed by atoms with Crippen molar-refractivity contribution in [2.24, 2.45) is 0 Å². The van der Waals surface area contributed by atoms with E-state index < -0.39 is 0 Å². The molecule has 0 aromatic rings. The molecule has 0 radical (unpaired) electrons. The molecule has 0 fully saturated rings. The Morgan fingerprint density at radius 2 is 0.245 bits per heavy atom. The van der Waals surface area contributed by atoms with Crippen molar-refractivity contribution in [3.05, 3.63) is 0 Å². The smallest absolute Gasteiger partial charge is 0 e. The topological polar surface area (TPSA) is 0 Å². The highest BCUT2D eigenvalue weighted by atomic mass is 33.5. The molecule has 0 aliphatic rings. The summed E-state index contributed by atoms with van der Waals surface area (Å²) in [6.07, 6.45) is 0. The lowest BCUT2D eigenvalue weighted by Crippen LogP contribution is -1.41. The van der Waals surface area contributed by atoms with Crippen LogP contribution < -0.4 is 0 Å². The van der Waals surface area contributed by atoms with Gasteiger partial charge >= 0.3 is 0 Å². The summed E-state index contributed by atoms with van der Waals surface area (Å²) in [6.45, 7) is 0. The second kappa shape index (κ2) is 63.7. The average molecular weight is 1700 g/mol. The molecule has 0 atom stereocenters. The van der Waals surface area contributed by atoms with Crippen LogP contribution in [-0.4, -0.2) is 0 Å². The van der Waals surface area contributed by atoms with E-state index in [0.29, 0.717) is 0 Å². The zero-order valence-corrected chi connectivity index (χ0v) is 65.2. The van der Waals surface area contributed by atoms with Gasteiger partial charge in [0.25, 0.3) is 0 Å². The molecule has 0 saturated heterocycles. The molecule has 0 heterocycles. The molecular formula is HPS52. The van der Waals surface area contributed by atoms with Crippen molar-refractivity contribution < 1.29 is 0 Å². The van der Waals surface area contributed by atoms with Gasteiger partial charge in [0.05, 0.1) is 0 Å². The van der Waals surface area contributed by atoms with Gasteiger partial charge in [-0.2, -0.15) is 0 Å². The first-order valence-electron chi connectivity index (χ1n) is 8.70. The molecule has 53 heteroatoms. The summed E-state index contributed by atoms with van der Waals surface area (Å²) in [5.74, 6) is 0. The first kappa shape index (κ1) is 64.7. The Morgan fingerprint density at radius 3 is 0.340 bits per heavy atom. The number of rotatable bonds is 0. The van der Waals surface area contributed by atoms with Crippen molar-refractivity contribution in [2.45, 2.75) is 0 Å². The minimum Gasteiger partial charge on any atom is -0.0540 e. The molecule has 0 aliphatic heterocycles. The number of hydrogen-bond donors (Lipinski definition) is 0. The minimum atomic E-state index is 1.37. The van der Waals surface area contributed by atoms with Crippen LogP contribution in [0, 0.1) is 0 Å². The maximum absolute atomic E-state index is 4.81. The first-order chi connectivity index (χ1) is 26.4. The van der Waals surface area contributed by atoms with Gasteiger partial charge in [0.2, 0.25) is 0 Å². The van der Waals surface area contributed by atoms with E-state index in [4.69, 9.17) is 11.2 Å². The van der Waals surface area contributed by atoms with Crippen LogP contribution >= 0.6 is 8.02 Å².